The van der Waals surface area contributed by atoms with Crippen LogP contribution in [0.4, 0.5) is 5.82 Å². The zero-order valence-corrected chi connectivity index (χ0v) is 12.0. The standard InChI is InChI=1S/C13H22N6O/c1-3-18(4-2)10-6-8-19(9-10)13-11(12(14)17-20)5-7-15-16-13/h5,7,10,20H,3-4,6,8-9H2,1-2H3,(H2,14,17). The lowest BCUT2D eigenvalue weighted by atomic mass is 10.2. The Bertz CT molecular complexity index is 474. The Labute approximate surface area is 119 Å². The molecule has 3 N–H and O–H groups in total. The highest BCUT2D eigenvalue weighted by molar-refractivity contribution is 6.01. The number of nitrogens with zero attached hydrogens (tertiary/aromatic N) is 5. The molecule has 20 heavy (non-hydrogen) atoms. The average Bonchev–Trinajstić information content (AvgIpc) is 2.97. The molecule has 7 heteroatoms. The molecule has 2 rings (SSSR count). The van der Waals surface area contributed by atoms with Gasteiger partial charge in [0.25, 0.3) is 0 Å². The van der Waals surface area contributed by atoms with E-state index in [1.165, 1.54) is 0 Å². The number of oxime groups is 1. The normalized spacial score (nSPS) is 19.9. The van der Waals surface area contributed by atoms with Gasteiger partial charge in [0.1, 0.15) is 0 Å². The maximum Gasteiger partial charge on any atom is 0.173 e. The number of rotatable bonds is 5. The molecule has 0 amide bonds. The van der Waals surface area contributed by atoms with Crippen LogP contribution in [0, 0.1) is 0 Å². The Morgan fingerprint density at radius 1 is 1.55 bits per heavy atom. The monoisotopic (exact) mass is 278 g/mol. The van der Waals surface area contributed by atoms with Crippen molar-refractivity contribution in [3.05, 3.63) is 17.8 Å². The van der Waals surface area contributed by atoms with E-state index in [9.17, 15) is 0 Å². The van der Waals surface area contributed by atoms with Gasteiger partial charge in [-0.1, -0.05) is 19.0 Å². The van der Waals surface area contributed by atoms with Crippen molar-refractivity contribution in [3.63, 3.8) is 0 Å². The molecule has 1 unspecified atom stereocenters. The summed E-state index contributed by atoms with van der Waals surface area (Å²) in [6.07, 6.45) is 2.64. The van der Waals surface area contributed by atoms with E-state index in [1.807, 2.05) is 0 Å². The van der Waals surface area contributed by atoms with Crippen LogP contribution in [-0.2, 0) is 0 Å². The molecule has 2 heterocycles. The summed E-state index contributed by atoms with van der Waals surface area (Å²) in [6, 6.07) is 2.24. The van der Waals surface area contributed by atoms with Gasteiger partial charge in [0.15, 0.2) is 11.7 Å². The van der Waals surface area contributed by atoms with Gasteiger partial charge in [-0.3, -0.25) is 4.90 Å². The molecule has 1 aliphatic heterocycles. The van der Waals surface area contributed by atoms with Gasteiger partial charge in [-0.25, -0.2) is 0 Å². The Kier molecular flexibility index (Phi) is 4.73. The van der Waals surface area contributed by atoms with E-state index in [2.05, 4.69) is 39.0 Å². The zero-order valence-electron chi connectivity index (χ0n) is 12.0. The van der Waals surface area contributed by atoms with Crippen LogP contribution >= 0.6 is 0 Å². The molecule has 1 aromatic heterocycles. The fraction of sp³-hybridized carbons (Fsp3) is 0.615. The molecule has 1 aromatic rings. The molecule has 0 radical (unpaired) electrons. The number of nitrogens with two attached hydrogens (primary N) is 1. The maximum atomic E-state index is 8.86. The lowest BCUT2D eigenvalue weighted by Crippen LogP contribution is -2.37. The lowest BCUT2D eigenvalue weighted by molar-refractivity contribution is 0.232. The van der Waals surface area contributed by atoms with Crippen LogP contribution in [0.25, 0.3) is 0 Å². The van der Waals surface area contributed by atoms with E-state index in [1.54, 1.807) is 12.3 Å². The summed E-state index contributed by atoms with van der Waals surface area (Å²) >= 11 is 0. The largest absolute Gasteiger partial charge is 0.409 e. The maximum absolute atomic E-state index is 8.86. The third-order valence-electron chi connectivity index (χ3n) is 3.88. The van der Waals surface area contributed by atoms with Crippen LogP contribution in [0.15, 0.2) is 17.4 Å². The molecule has 0 spiro atoms. The van der Waals surface area contributed by atoms with Gasteiger partial charge < -0.3 is 15.8 Å². The summed E-state index contributed by atoms with van der Waals surface area (Å²) in [5.74, 6) is 0.763. The first-order valence-corrected chi connectivity index (χ1v) is 6.99. The highest BCUT2D eigenvalue weighted by Gasteiger charge is 2.28. The molecule has 1 atom stereocenters. The number of amidine groups is 1. The summed E-state index contributed by atoms with van der Waals surface area (Å²) in [4.78, 5) is 4.60. The molecule has 110 valence electrons. The van der Waals surface area contributed by atoms with Gasteiger partial charge in [0.2, 0.25) is 0 Å². The Hall–Kier alpha value is -1.89. The quantitative estimate of drug-likeness (QED) is 0.352. The second-order valence-electron chi connectivity index (χ2n) is 4.86. The molecule has 1 aliphatic rings. The first-order valence-electron chi connectivity index (χ1n) is 6.99. The van der Waals surface area contributed by atoms with Crippen molar-refractivity contribution in [1.29, 1.82) is 0 Å². The number of aromatic nitrogens is 2. The van der Waals surface area contributed by atoms with Crippen LogP contribution in [0.1, 0.15) is 25.8 Å². The van der Waals surface area contributed by atoms with Crippen LogP contribution in [0.5, 0.6) is 0 Å². The summed E-state index contributed by atoms with van der Waals surface area (Å²) in [7, 11) is 0. The minimum atomic E-state index is 0.0705. The smallest absolute Gasteiger partial charge is 0.173 e. The molecule has 1 saturated heterocycles. The average molecular weight is 278 g/mol. The number of hydrogen-bond acceptors (Lipinski definition) is 6. The molecule has 0 saturated carbocycles. The van der Waals surface area contributed by atoms with Crippen LogP contribution in [0.2, 0.25) is 0 Å². The minimum absolute atomic E-state index is 0.0705. The van der Waals surface area contributed by atoms with Crippen LogP contribution < -0.4 is 10.6 Å². The van der Waals surface area contributed by atoms with Crippen molar-refractivity contribution in [2.24, 2.45) is 10.9 Å². The van der Waals surface area contributed by atoms with Crippen molar-refractivity contribution in [2.45, 2.75) is 26.3 Å². The van der Waals surface area contributed by atoms with Gasteiger partial charge in [0, 0.05) is 19.1 Å². The number of hydrogen-bond donors (Lipinski definition) is 2. The van der Waals surface area contributed by atoms with Crippen LogP contribution in [0.3, 0.4) is 0 Å². The summed E-state index contributed by atoms with van der Waals surface area (Å²) < 4.78 is 0. The first-order chi connectivity index (χ1) is 9.71. The van der Waals surface area contributed by atoms with E-state index in [0.717, 1.165) is 32.6 Å². The topological polar surface area (TPSA) is 90.9 Å². The third-order valence-corrected chi connectivity index (χ3v) is 3.88. The number of anilines is 1. The van der Waals surface area contributed by atoms with E-state index in [0.29, 0.717) is 17.4 Å². The fourth-order valence-corrected chi connectivity index (χ4v) is 2.78. The van der Waals surface area contributed by atoms with Gasteiger partial charge in [-0.2, -0.15) is 5.10 Å². The lowest BCUT2D eigenvalue weighted by Gasteiger charge is -2.26. The van der Waals surface area contributed by atoms with E-state index in [4.69, 9.17) is 10.9 Å². The van der Waals surface area contributed by atoms with Crippen molar-refractivity contribution in [1.82, 2.24) is 15.1 Å². The molecule has 1 fully saturated rings. The molecule has 0 aromatic carbocycles. The summed E-state index contributed by atoms with van der Waals surface area (Å²) in [6.45, 7) is 8.25. The first kappa shape index (κ1) is 14.5. The highest BCUT2D eigenvalue weighted by atomic mass is 16.4. The number of likely N-dealkylation sites (N-methyl/N-ethyl adjacent to an activating group) is 1. The predicted molar refractivity (Wildman–Crippen MR) is 78.1 cm³/mol. The Morgan fingerprint density at radius 3 is 2.95 bits per heavy atom. The molecule has 0 bridgehead atoms. The fourth-order valence-electron chi connectivity index (χ4n) is 2.78. The summed E-state index contributed by atoms with van der Waals surface area (Å²) in [5.41, 5.74) is 6.33. The zero-order chi connectivity index (χ0) is 14.5. The SMILES string of the molecule is CCN(CC)C1CCN(c2nnccc2/C(N)=N/O)C1. The molecule has 7 nitrogen and oxygen atoms in total. The second kappa shape index (κ2) is 6.51. The van der Waals surface area contributed by atoms with E-state index in [-0.39, 0.29) is 5.84 Å². The third kappa shape index (κ3) is 2.82. The Balaban J connectivity index is 2.18. The molecular weight excluding hydrogens is 256 g/mol. The molecule has 0 aliphatic carbocycles. The van der Waals surface area contributed by atoms with Gasteiger partial charge in [0.05, 0.1) is 11.8 Å². The van der Waals surface area contributed by atoms with E-state index >= 15 is 0 Å². The van der Waals surface area contributed by atoms with Crippen molar-refractivity contribution < 1.29 is 5.21 Å². The van der Waals surface area contributed by atoms with Crippen molar-refractivity contribution in [2.75, 3.05) is 31.1 Å². The van der Waals surface area contributed by atoms with Crippen LogP contribution in [-0.4, -0.2) is 58.4 Å². The van der Waals surface area contributed by atoms with Gasteiger partial charge >= 0.3 is 0 Å². The van der Waals surface area contributed by atoms with E-state index < -0.39 is 0 Å². The second-order valence-corrected chi connectivity index (χ2v) is 4.86. The van der Waals surface area contributed by atoms with Gasteiger partial charge in [-0.15, -0.1) is 5.10 Å². The summed E-state index contributed by atoms with van der Waals surface area (Å²) in [5, 5.41) is 20.0. The van der Waals surface area contributed by atoms with Crippen molar-refractivity contribution in [3.8, 4) is 0 Å². The highest BCUT2D eigenvalue weighted by Crippen LogP contribution is 2.23. The van der Waals surface area contributed by atoms with Crippen molar-refractivity contribution >= 4 is 11.7 Å². The molecular formula is C13H22N6O. The van der Waals surface area contributed by atoms with Gasteiger partial charge in [-0.05, 0) is 25.6 Å². The minimum Gasteiger partial charge on any atom is -0.409 e. The Morgan fingerprint density at radius 2 is 2.30 bits per heavy atom. The predicted octanol–water partition coefficient (Wildman–Crippen LogP) is 0.492.